The van der Waals surface area contributed by atoms with E-state index in [2.05, 4.69) is 29.0 Å². The number of rotatable bonds is 7. The van der Waals surface area contributed by atoms with Gasteiger partial charge in [0, 0.05) is 49.7 Å². The Kier molecular flexibility index (Phi) is 5.17. The highest BCUT2D eigenvalue weighted by Gasteiger charge is 2.63. The molecule has 0 radical (unpaired) electrons. The van der Waals surface area contributed by atoms with Crippen molar-refractivity contribution in [2.24, 2.45) is 17.8 Å². The van der Waals surface area contributed by atoms with E-state index in [0.717, 1.165) is 38.2 Å². The molecule has 0 saturated carbocycles. The molecule has 152 valence electrons. The predicted molar refractivity (Wildman–Crippen MR) is 107 cm³/mol. The lowest BCUT2D eigenvalue weighted by molar-refractivity contribution is -0.121. The van der Waals surface area contributed by atoms with Crippen LogP contribution in [0.5, 0.6) is 0 Å². The van der Waals surface area contributed by atoms with E-state index < -0.39 is 0 Å². The summed E-state index contributed by atoms with van der Waals surface area (Å²) >= 11 is 0. The molecule has 1 amide bonds. The van der Waals surface area contributed by atoms with Gasteiger partial charge >= 0.3 is 0 Å². The van der Waals surface area contributed by atoms with Crippen LogP contribution in [0, 0.1) is 17.8 Å². The summed E-state index contributed by atoms with van der Waals surface area (Å²) in [4.78, 5) is 30.7. The van der Waals surface area contributed by atoms with Crippen molar-refractivity contribution in [3.8, 4) is 0 Å². The number of carbonyl (C=O) groups excluding carboxylic acids is 2. The van der Waals surface area contributed by atoms with Crippen LogP contribution in [-0.4, -0.2) is 48.0 Å². The fourth-order valence-corrected chi connectivity index (χ4v) is 5.19. The SMILES string of the molecule is CC(=O)c1ccnc(N2C[C@@H]3[C@H](CNC(=O)CCC(C)C)[C@H]4CC[C@]3(C2)O4)c1. The first-order chi connectivity index (χ1) is 13.4. The van der Waals surface area contributed by atoms with Crippen molar-refractivity contribution < 1.29 is 14.3 Å². The molecule has 28 heavy (non-hydrogen) atoms. The molecular formula is C22H31N3O3. The number of aromatic nitrogens is 1. The van der Waals surface area contributed by atoms with E-state index in [4.69, 9.17) is 4.74 Å². The summed E-state index contributed by atoms with van der Waals surface area (Å²) in [6.45, 7) is 8.26. The molecule has 3 fully saturated rings. The van der Waals surface area contributed by atoms with E-state index in [1.807, 2.05) is 6.07 Å². The lowest BCUT2D eigenvalue weighted by Gasteiger charge is -2.29. The Morgan fingerprint density at radius 2 is 2.25 bits per heavy atom. The van der Waals surface area contributed by atoms with E-state index in [9.17, 15) is 9.59 Å². The Morgan fingerprint density at radius 3 is 3.00 bits per heavy atom. The zero-order valence-corrected chi connectivity index (χ0v) is 17.1. The summed E-state index contributed by atoms with van der Waals surface area (Å²) < 4.78 is 6.47. The maximum Gasteiger partial charge on any atom is 0.220 e. The standard InChI is InChI=1S/C22H31N3O3/c1-14(2)4-5-21(27)24-11-17-18-12-25(13-22(18)8-6-19(17)28-22)20-10-16(15(3)26)7-9-23-20/h7,9-10,14,17-19H,4-6,8,11-13H2,1-3H3,(H,24,27)/t17-,18+,19+,22+/m0/s1. The maximum atomic E-state index is 12.2. The number of nitrogens with one attached hydrogen (secondary N) is 1. The minimum absolute atomic E-state index is 0.0559. The molecule has 4 heterocycles. The van der Waals surface area contributed by atoms with Gasteiger partial charge in [0.2, 0.25) is 5.91 Å². The highest BCUT2D eigenvalue weighted by atomic mass is 16.5. The van der Waals surface area contributed by atoms with Gasteiger partial charge in [-0.2, -0.15) is 0 Å². The van der Waals surface area contributed by atoms with Gasteiger partial charge in [-0.1, -0.05) is 13.8 Å². The highest BCUT2D eigenvalue weighted by Crippen LogP contribution is 2.55. The summed E-state index contributed by atoms with van der Waals surface area (Å²) in [6, 6.07) is 3.65. The monoisotopic (exact) mass is 385 g/mol. The smallest absolute Gasteiger partial charge is 0.220 e. The minimum atomic E-state index is -0.119. The van der Waals surface area contributed by atoms with E-state index in [-0.39, 0.29) is 23.4 Å². The second-order valence-corrected chi connectivity index (χ2v) is 9.11. The molecule has 3 aliphatic rings. The van der Waals surface area contributed by atoms with Crippen LogP contribution >= 0.6 is 0 Å². The first-order valence-electron chi connectivity index (χ1n) is 10.5. The summed E-state index contributed by atoms with van der Waals surface area (Å²) in [5, 5.41) is 3.16. The second kappa shape index (κ2) is 7.47. The van der Waals surface area contributed by atoms with Crippen molar-refractivity contribution in [2.45, 2.75) is 58.2 Å². The number of hydrogen-bond donors (Lipinski definition) is 1. The second-order valence-electron chi connectivity index (χ2n) is 9.11. The predicted octanol–water partition coefficient (Wildman–Crippen LogP) is 2.82. The van der Waals surface area contributed by atoms with Crippen molar-refractivity contribution >= 4 is 17.5 Å². The molecule has 0 aliphatic carbocycles. The number of carbonyl (C=O) groups is 2. The Balaban J connectivity index is 1.42. The summed E-state index contributed by atoms with van der Waals surface area (Å²) in [5.74, 6) is 2.36. The summed E-state index contributed by atoms with van der Waals surface area (Å²) in [5.41, 5.74) is 0.574. The van der Waals surface area contributed by atoms with E-state index in [1.54, 1.807) is 19.2 Å². The molecular weight excluding hydrogens is 354 g/mol. The lowest BCUT2D eigenvalue weighted by atomic mass is 9.73. The van der Waals surface area contributed by atoms with Gasteiger partial charge in [-0.15, -0.1) is 0 Å². The number of hydrogen-bond acceptors (Lipinski definition) is 5. The van der Waals surface area contributed by atoms with Gasteiger partial charge in [0.25, 0.3) is 0 Å². The third kappa shape index (κ3) is 3.54. The maximum absolute atomic E-state index is 12.2. The summed E-state index contributed by atoms with van der Waals surface area (Å²) in [6.07, 6.45) is 5.63. The fraction of sp³-hybridized carbons (Fsp3) is 0.682. The molecule has 0 aromatic carbocycles. The van der Waals surface area contributed by atoms with Gasteiger partial charge < -0.3 is 15.0 Å². The van der Waals surface area contributed by atoms with Gasteiger partial charge in [0.15, 0.2) is 5.78 Å². The number of ketones is 1. The van der Waals surface area contributed by atoms with Gasteiger partial charge in [-0.05, 0) is 44.2 Å². The number of pyridine rings is 1. The van der Waals surface area contributed by atoms with Gasteiger partial charge in [0.05, 0.1) is 11.7 Å². The molecule has 1 N–H and O–H groups in total. The largest absolute Gasteiger partial charge is 0.369 e. The fourth-order valence-electron chi connectivity index (χ4n) is 5.19. The minimum Gasteiger partial charge on any atom is -0.369 e. The van der Waals surface area contributed by atoms with Crippen molar-refractivity contribution in [1.29, 1.82) is 0 Å². The van der Waals surface area contributed by atoms with Crippen LogP contribution in [0.15, 0.2) is 18.3 Å². The Bertz CT molecular complexity index is 765. The third-order valence-corrected chi connectivity index (χ3v) is 6.74. The summed E-state index contributed by atoms with van der Waals surface area (Å²) in [7, 11) is 0. The van der Waals surface area contributed by atoms with Crippen LogP contribution in [0.2, 0.25) is 0 Å². The van der Waals surface area contributed by atoms with Crippen LogP contribution < -0.4 is 10.2 Å². The average molecular weight is 386 g/mol. The molecule has 4 atom stereocenters. The topological polar surface area (TPSA) is 71.5 Å². The third-order valence-electron chi connectivity index (χ3n) is 6.74. The Morgan fingerprint density at radius 1 is 1.43 bits per heavy atom. The molecule has 3 aliphatic heterocycles. The van der Waals surface area contributed by atoms with E-state index in [0.29, 0.717) is 36.3 Å². The van der Waals surface area contributed by atoms with E-state index in [1.165, 1.54) is 0 Å². The number of amides is 1. The van der Waals surface area contributed by atoms with Crippen molar-refractivity contribution in [2.75, 3.05) is 24.5 Å². The molecule has 2 bridgehead atoms. The van der Waals surface area contributed by atoms with Crippen molar-refractivity contribution in [3.63, 3.8) is 0 Å². The van der Waals surface area contributed by atoms with Gasteiger partial charge in [-0.3, -0.25) is 9.59 Å². The zero-order valence-electron chi connectivity index (χ0n) is 17.1. The highest BCUT2D eigenvalue weighted by molar-refractivity contribution is 5.94. The van der Waals surface area contributed by atoms with Crippen LogP contribution in [0.25, 0.3) is 0 Å². The first kappa shape index (κ1) is 19.4. The molecule has 3 saturated heterocycles. The molecule has 6 heteroatoms. The zero-order chi connectivity index (χ0) is 19.9. The quantitative estimate of drug-likeness (QED) is 0.731. The average Bonchev–Trinajstić information content (AvgIpc) is 3.33. The van der Waals surface area contributed by atoms with Crippen LogP contribution in [0.3, 0.4) is 0 Å². The lowest BCUT2D eigenvalue weighted by Crippen LogP contribution is -2.41. The number of nitrogens with zero attached hydrogens (tertiary/aromatic N) is 2. The molecule has 1 aromatic rings. The number of anilines is 1. The van der Waals surface area contributed by atoms with Crippen LogP contribution in [0.1, 0.15) is 56.8 Å². The Hall–Kier alpha value is -1.95. The number of Topliss-reactive ketones (excluding diaryl/α,β-unsaturated/α-hetero) is 1. The van der Waals surface area contributed by atoms with Crippen LogP contribution in [0.4, 0.5) is 5.82 Å². The molecule has 1 spiro atoms. The first-order valence-corrected chi connectivity index (χ1v) is 10.5. The van der Waals surface area contributed by atoms with Gasteiger partial charge in [0.1, 0.15) is 5.82 Å². The molecule has 0 unspecified atom stereocenters. The molecule has 6 nitrogen and oxygen atoms in total. The molecule has 1 aromatic heterocycles. The van der Waals surface area contributed by atoms with Crippen molar-refractivity contribution in [1.82, 2.24) is 10.3 Å². The normalized spacial score (nSPS) is 30.7. The Labute approximate surface area is 167 Å². The van der Waals surface area contributed by atoms with E-state index >= 15 is 0 Å². The van der Waals surface area contributed by atoms with Crippen LogP contribution in [-0.2, 0) is 9.53 Å². The molecule has 4 rings (SSSR count). The van der Waals surface area contributed by atoms with Crippen molar-refractivity contribution in [3.05, 3.63) is 23.9 Å². The van der Waals surface area contributed by atoms with Gasteiger partial charge in [-0.25, -0.2) is 4.98 Å². The number of fused-ring (bicyclic) bond motifs is 1. The number of ether oxygens (including phenoxy) is 1.